The summed E-state index contributed by atoms with van der Waals surface area (Å²) in [5, 5.41) is 11.9. The first-order valence-electron chi connectivity index (χ1n) is 5.63. The number of rotatable bonds is 4. The van der Waals surface area contributed by atoms with E-state index in [9.17, 15) is 4.79 Å². The third kappa shape index (κ3) is 2.30. The fourth-order valence-electron chi connectivity index (χ4n) is 2.06. The lowest BCUT2D eigenvalue weighted by molar-refractivity contribution is 0.0788. The number of hydrogen-bond acceptors (Lipinski definition) is 3. The number of aliphatic hydroxyl groups excluding tert-OH is 1. The number of amides is 1. The van der Waals surface area contributed by atoms with E-state index in [1.807, 2.05) is 19.1 Å². The number of carbonyl (C=O) groups excluding carboxylic acids is 1. The zero-order valence-corrected chi connectivity index (χ0v) is 11.2. The van der Waals surface area contributed by atoms with Crippen LogP contribution in [-0.2, 0) is 6.54 Å². The SMILES string of the molecule is CCN1Cc2cc(Br)cc(NCCO)c2C1=O. The molecule has 17 heavy (non-hydrogen) atoms. The van der Waals surface area contributed by atoms with Crippen molar-refractivity contribution in [2.45, 2.75) is 13.5 Å². The van der Waals surface area contributed by atoms with Crippen molar-refractivity contribution in [3.05, 3.63) is 27.7 Å². The van der Waals surface area contributed by atoms with Crippen LogP contribution in [0.4, 0.5) is 5.69 Å². The van der Waals surface area contributed by atoms with Gasteiger partial charge in [-0.3, -0.25) is 4.79 Å². The smallest absolute Gasteiger partial charge is 0.256 e. The molecule has 0 bridgehead atoms. The summed E-state index contributed by atoms with van der Waals surface area (Å²) in [6.07, 6.45) is 0. The average Bonchev–Trinajstić information content (AvgIpc) is 2.62. The van der Waals surface area contributed by atoms with Crippen LogP contribution in [0, 0.1) is 0 Å². The Bertz CT molecular complexity index is 448. The second-order valence-electron chi connectivity index (χ2n) is 3.96. The second-order valence-corrected chi connectivity index (χ2v) is 4.87. The first-order chi connectivity index (χ1) is 8.17. The number of anilines is 1. The number of carbonyl (C=O) groups is 1. The molecule has 5 heteroatoms. The van der Waals surface area contributed by atoms with Gasteiger partial charge in [0, 0.05) is 29.8 Å². The minimum atomic E-state index is 0.0486. The highest BCUT2D eigenvalue weighted by Crippen LogP contribution is 2.32. The van der Waals surface area contributed by atoms with Crippen LogP contribution < -0.4 is 5.32 Å². The number of nitrogens with zero attached hydrogens (tertiary/aromatic N) is 1. The van der Waals surface area contributed by atoms with Crippen molar-refractivity contribution in [2.24, 2.45) is 0 Å². The number of aliphatic hydroxyl groups is 1. The molecule has 0 unspecified atom stereocenters. The molecule has 0 saturated heterocycles. The lowest BCUT2D eigenvalue weighted by atomic mass is 10.1. The predicted molar refractivity (Wildman–Crippen MR) is 70.1 cm³/mol. The molecule has 1 heterocycles. The third-order valence-electron chi connectivity index (χ3n) is 2.86. The number of fused-ring (bicyclic) bond motifs is 1. The lowest BCUT2D eigenvalue weighted by Gasteiger charge is -2.12. The molecule has 2 rings (SSSR count). The van der Waals surface area contributed by atoms with Gasteiger partial charge >= 0.3 is 0 Å². The Balaban J connectivity index is 2.39. The normalized spacial score (nSPS) is 14.1. The van der Waals surface area contributed by atoms with Crippen LogP contribution in [0.5, 0.6) is 0 Å². The first-order valence-corrected chi connectivity index (χ1v) is 6.43. The van der Waals surface area contributed by atoms with E-state index < -0.39 is 0 Å². The van der Waals surface area contributed by atoms with Crippen molar-refractivity contribution < 1.29 is 9.90 Å². The van der Waals surface area contributed by atoms with Crippen molar-refractivity contribution >= 4 is 27.5 Å². The van der Waals surface area contributed by atoms with Crippen molar-refractivity contribution in [1.82, 2.24) is 4.90 Å². The quantitative estimate of drug-likeness (QED) is 0.892. The Hall–Kier alpha value is -1.07. The van der Waals surface area contributed by atoms with E-state index >= 15 is 0 Å². The molecule has 0 aromatic heterocycles. The summed E-state index contributed by atoms with van der Waals surface area (Å²) >= 11 is 3.44. The topological polar surface area (TPSA) is 52.6 Å². The standard InChI is InChI=1S/C12H15BrN2O2/c1-2-15-7-8-5-9(13)6-10(14-3-4-16)11(8)12(15)17/h5-6,14,16H,2-4,7H2,1H3. The number of hydrogen-bond donors (Lipinski definition) is 2. The summed E-state index contributed by atoms with van der Waals surface area (Å²) in [4.78, 5) is 13.9. The van der Waals surface area contributed by atoms with Crippen LogP contribution in [0.25, 0.3) is 0 Å². The highest BCUT2D eigenvalue weighted by Gasteiger charge is 2.29. The summed E-state index contributed by atoms with van der Waals surface area (Å²) < 4.78 is 0.947. The third-order valence-corrected chi connectivity index (χ3v) is 3.31. The molecule has 0 radical (unpaired) electrons. The van der Waals surface area contributed by atoms with Gasteiger partial charge in [0.05, 0.1) is 12.2 Å². The van der Waals surface area contributed by atoms with Gasteiger partial charge in [-0.1, -0.05) is 15.9 Å². The monoisotopic (exact) mass is 298 g/mol. The molecule has 0 fully saturated rings. The Labute approximate surface area is 109 Å². The number of benzene rings is 1. The maximum absolute atomic E-state index is 12.1. The molecule has 1 aliphatic rings. The Morgan fingerprint density at radius 1 is 1.53 bits per heavy atom. The van der Waals surface area contributed by atoms with Gasteiger partial charge in [-0.15, -0.1) is 0 Å². The van der Waals surface area contributed by atoms with E-state index in [0.717, 1.165) is 21.3 Å². The van der Waals surface area contributed by atoms with E-state index in [2.05, 4.69) is 21.2 Å². The van der Waals surface area contributed by atoms with Gasteiger partial charge < -0.3 is 15.3 Å². The second kappa shape index (κ2) is 5.06. The summed E-state index contributed by atoms with van der Waals surface area (Å²) in [5.41, 5.74) is 2.57. The predicted octanol–water partition coefficient (Wildman–Crippen LogP) is 1.83. The molecule has 4 nitrogen and oxygen atoms in total. The van der Waals surface area contributed by atoms with Crippen molar-refractivity contribution in [1.29, 1.82) is 0 Å². The highest BCUT2D eigenvalue weighted by atomic mass is 79.9. The molecule has 0 atom stereocenters. The fraction of sp³-hybridized carbons (Fsp3) is 0.417. The summed E-state index contributed by atoms with van der Waals surface area (Å²) in [6.45, 7) is 3.84. The maximum Gasteiger partial charge on any atom is 0.256 e. The molecule has 92 valence electrons. The van der Waals surface area contributed by atoms with Crippen LogP contribution in [0.15, 0.2) is 16.6 Å². The van der Waals surface area contributed by atoms with Gasteiger partial charge in [-0.25, -0.2) is 0 Å². The highest BCUT2D eigenvalue weighted by molar-refractivity contribution is 9.10. The van der Waals surface area contributed by atoms with Crippen molar-refractivity contribution in [3.63, 3.8) is 0 Å². The molecule has 2 N–H and O–H groups in total. The van der Waals surface area contributed by atoms with Gasteiger partial charge in [-0.2, -0.15) is 0 Å². The molecule has 1 aromatic rings. The Morgan fingerprint density at radius 2 is 2.29 bits per heavy atom. The lowest BCUT2D eigenvalue weighted by Crippen LogP contribution is -2.23. The van der Waals surface area contributed by atoms with Crippen LogP contribution in [0.2, 0.25) is 0 Å². The van der Waals surface area contributed by atoms with Crippen LogP contribution in [0.3, 0.4) is 0 Å². The summed E-state index contributed by atoms with van der Waals surface area (Å²) in [5.74, 6) is 0.0652. The Morgan fingerprint density at radius 3 is 2.94 bits per heavy atom. The summed E-state index contributed by atoms with van der Waals surface area (Å²) in [7, 11) is 0. The largest absolute Gasteiger partial charge is 0.395 e. The molecule has 1 amide bonds. The molecular weight excluding hydrogens is 284 g/mol. The van der Waals surface area contributed by atoms with E-state index in [1.54, 1.807) is 4.90 Å². The van der Waals surface area contributed by atoms with Crippen molar-refractivity contribution in [3.8, 4) is 0 Å². The van der Waals surface area contributed by atoms with Crippen LogP contribution in [-0.4, -0.2) is 35.6 Å². The first kappa shape index (κ1) is 12.4. The van der Waals surface area contributed by atoms with Gasteiger partial charge in [0.25, 0.3) is 5.91 Å². The van der Waals surface area contributed by atoms with Crippen molar-refractivity contribution in [2.75, 3.05) is 25.0 Å². The van der Waals surface area contributed by atoms with Gasteiger partial charge in [-0.05, 0) is 24.6 Å². The van der Waals surface area contributed by atoms with E-state index in [0.29, 0.717) is 19.6 Å². The maximum atomic E-state index is 12.1. The number of nitrogens with one attached hydrogen (secondary N) is 1. The van der Waals surface area contributed by atoms with Crippen LogP contribution in [0.1, 0.15) is 22.8 Å². The minimum absolute atomic E-state index is 0.0486. The average molecular weight is 299 g/mol. The zero-order chi connectivity index (χ0) is 12.4. The molecule has 0 aliphatic carbocycles. The minimum Gasteiger partial charge on any atom is -0.395 e. The molecular formula is C12H15BrN2O2. The van der Waals surface area contributed by atoms with Crippen LogP contribution >= 0.6 is 15.9 Å². The van der Waals surface area contributed by atoms with Gasteiger partial charge in [0.15, 0.2) is 0 Å². The van der Waals surface area contributed by atoms with Gasteiger partial charge in [0.2, 0.25) is 0 Å². The molecule has 1 aromatic carbocycles. The van der Waals surface area contributed by atoms with Gasteiger partial charge in [0.1, 0.15) is 0 Å². The van der Waals surface area contributed by atoms with E-state index in [4.69, 9.17) is 5.11 Å². The molecule has 0 spiro atoms. The molecule has 1 aliphatic heterocycles. The number of halogens is 1. The van der Waals surface area contributed by atoms with E-state index in [-0.39, 0.29) is 12.5 Å². The van der Waals surface area contributed by atoms with E-state index in [1.165, 1.54) is 0 Å². The molecule has 0 saturated carbocycles. The Kier molecular flexibility index (Phi) is 3.69. The zero-order valence-electron chi connectivity index (χ0n) is 9.66. The fourth-order valence-corrected chi connectivity index (χ4v) is 2.57. The summed E-state index contributed by atoms with van der Waals surface area (Å²) in [6, 6.07) is 3.86.